The normalized spacial score (nSPS) is 16.9. The van der Waals surface area contributed by atoms with Crippen LogP contribution in [-0.2, 0) is 16.1 Å². The Bertz CT molecular complexity index is 425. The van der Waals surface area contributed by atoms with Gasteiger partial charge >= 0.3 is 5.97 Å². The molecule has 0 radical (unpaired) electrons. The van der Waals surface area contributed by atoms with E-state index in [0.29, 0.717) is 6.54 Å². The van der Waals surface area contributed by atoms with E-state index in [2.05, 4.69) is 21.9 Å². The Morgan fingerprint density at radius 1 is 1.05 bits per heavy atom. The van der Waals surface area contributed by atoms with Crippen molar-refractivity contribution in [2.75, 3.05) is 46.9 Å². The van der Waals surface area contributed by atoms with Crippen LogP contribution in [0.2, 0.25) is 0 Å². The van der Waals surface area contributed by atoms with E-state index in [0.717, 1.165) is 38.5 Å². The summed E-state index contributed by atoms with van der Waals surface area (Å²) >= 11 is 0. The third-order valence-corrected chi connectivity index (χ3v) is 3.61. The smallest absolute Gasteiger partial charge is 0.319 e. The number of ether oxygens (including phenoxy) is 2. The van der Waals surface area contributed by atoms with Gasteiger partial charge in [0.05, 0.1) is 20.8 Å². The highest BCUT2D eigenvalue weighted by Crippen LogP contribution is 2.14. The minimum Gasteiger partial charge on any atom is -0.497 e. The van der Waals surface area contributed by atoms with E-state index in [-0.39, 0.29) is 5.97 Å². The lowest BCUT2D eigenvalue weighted by Crippen LogP contribution is -2.47. The van der Waals surface area contributed by atoms with Crippen LogP contribution in [0.3, 0.4) is 0 Å². The molecule has 1 aliphatic rings. The number of benzene rings is 1. The van der Waals surface area contributed by atoms with Crippen LogP contribution in [0, 0.1) is 0 Å². The van der Waals surface area contributed by atoms with Gasteiger partial charge in [-0.1, -0.05) is 12.1 Å². The van der Waals surface area contributed by atoms with Crippen molar-refractivity contribution in [3.05, 3.63) is 29.8 Å². The number of esters is 1. The van der Waals surface area contributed by atoms with E-state index >= 15 is 0 Å². The van der Waals surface area contributed by atoms with Gasteiger partial charge in [0.2, 0.25) is 0 Å². The highest BCUT2D eigenvalue weighted by Gasteiger charge is 2.19. The summed E-state index contributed by atoms with van der Waals surface area (Å²) in [5, 5.41) is 0. The molecule has 1 saturated heterocycles. The fraction of sp³-hybridized carbons (Fsp3) is 0.533. The van der Waals surface area contributed by atoms with E-state index in [4.69, 9.17) is 9.47 Å². The lowest BCUT2D eigenvalue weighted by atomic mass is 10.2. The second-order valence-corrected chi connectivity index (χ2v) is 4.98. The van der Waals surface area contributed by atoms with Gasteiger partial charge in [-0.05, 0) is 17.7 Å². The summed E-state index contributed by atoms with van der Waals surface area (Å²) in [6.07, 6.45) is 0. The lowest BCUT2D eigenvalue weighted by molar-refractivity contribution is -0.142. The number of hydrogen-bond donors (Lipinski definition) is 0. The first-order valence-electron chi connectivity index (χ1n) is 6.85. The number of hydrogen-bond acceptors (Lipinski definition) is 5. The van der Waals surface area contributed by atoms with E-state index in [1.807, 2.05) is 12.1 Å². The number of rotatable bonds is 5. The molecule has 20 heavy (non-hydrogen) atoms. The quantitative estimate of drug-likeness (QED) is 0.751. The van der Waals surface area contributed by atoms with Crippen LogP contribution < -0.4 is 4.74 Å². The first-order chi connectivity index (χ1) is 9.71. The van der Waals surface area contributed by atoms with Gasteiger partial charge in [0, 0.05) is 32.7 Å². The second kappa shape index (κ2) is 7.26. The lowest BCUT2D eigenvalue weighted by Gasteiger charge is -2.34. The maximum Gasteiger partial charge on any atom is 0.319 e. The molecule has 1 aromatic carbocycles. The Balaban J connectivity index is 1.77. The van der Waals surface area contributed by atoms with Crippen LogP contribution in [0.4, 0.5) is 0 Å². The molecule has 0 unspecified atom stereocenters. The summed E-state index contributed by atoms with van der Waals surface area (Å²) in [7, 11) is 3.11. The molecule has 0 bridgehead atoms. The van der Waals surface area contributed by atoms with Crippen LogP contribution in [0.15, 0.2) is 24.3 Å². The molecule has 2 rings (SSSR count). The SMILES string of the molecule is COC(=O)CN1CCN(Cc2ccc(OC)cc2)CC1. The van der Waals surface area contributed by atoms with Crippen molar-refractivity contribution in [1.82, 2.24) is 9.80 Å². The molecular weight excluding hydrogens is 256 g/mol. The van der Waals surface area contributed by atoms with Crippen molar-refractivity contribution in [3.63, 3.8) is 0 Å². The third kappa shape index (κ3) is 4.21. The maximum absolute atomic E-state index is 11.2. The van der Waals surface area contributed by atoms with Crippen LogP contribution in [0.5, 0.6) is 5.75 Å². The van der Waals surface area contributed by atoms with Gasteiger partial charge < -0.3 is 9.47 Å². The molecule has 110 valence electrons. The highest BCUT2D eigenvalue weighted by atomic mass is 16.5. The molecule has 0 atom stereocenters. The molecule has 1 aromatic rings. The van der Waals surface area contributed by atoms with Gasteiger partial charge in [-0.15, -0.1) is 0 Å². The molecule has 1 aliphatic heterocycles. The summed E-state index contributed by atoms with van der Waals surface area (Å²) in [6, 6.07) is 8.17. The van der Waals surface area contributed by atoms with Crippen molar-refractivity contribution in [2.45, 2.75) is 6.54 Å². The van der Waals surface area contributed by atoms with Gasteiger partial charge in [0.1, 0.15) is 5.75 Å². The first kappa shape index (κ1) is 14.8. The van der Waals surface area contributed by atoms with Crippen LogP contribution in [0.1, 0.15) is 5.56 Å². The molecular formula is C15H22N2O3. The summed E-state index contributed by atoms with van der Waals surface area (Å²) in [5.41, 5.74) is 1.28. The Kier molecular flexibility index (Phi) is 5.38. The Morgan fingerprint density at radius 3 is 2.20 bits per heavy atom. The molecule has 0 N–H and O–H groups in total. The van der Waals surface area contributed by atoms with E-state index in [1.54, 1.807) is 7.11 Å². The zero-order chi connectivity index (χ0) is 14.4. The number of piperazine rings is 1. The predicted molar refractivity (Wildman–Crippen MR) is 76.7 cm³/mol. The molecule has 1 heterocycles. The fourth-order valence-electron chi connectivity index (χ4n) is 2.34. The molecule has 0 saturated carbocycles. The second-order valence-electron chi connectivity index (χ2n) is 4.98. The van der Waals surface area contributed by atoms with Gasteiger partial charge in [-0.2, -0.15) is 0 Å². The topological polar surface area (TPSA) is 42.0 Å². The molecule has 5 nitrogen and oxygen atoms in total. The molecule has 0 amide bonds. The Morgan fingerprint density at radius 2 is 1.65 bits per heavy atom. The van der Waals surface area contributed by atoms with E-state index in [9.17, 15) is 4.79 Å². The number of carbonyl (C=O) groups excluding carboxylic acids is 1. The summed E-state index contributed by atoms with van der Waals surface area (Å²) < 4.78 is 9.85. The monoisotopic (exact) mass is 278 g/mol. The third-order valence-electron chi connectivity index (χ3n) is 3.61. The average Bonchev–Trinajstić information content (AvgIpc) is 2.50. The highest BCUT2D eigenvalue weighted by molar-refractivity contribution is 5.71. The van der Waals surface area contributed by atoms with E-state index < -0.39 is 0 Å². The number of carbonyl (C=O) groups is 1. The van der Waals surface area contributed by atoms with Crippen molar-refractivity contribution in [1.29, 1.82) is 0 Å². The van der Waals surface area contributed by atoms with Gasteiger partial charge in [-0.3, -0.25) is 14.6 Å². The van der Waals surface area contributed by atoms with Gasteiger partial charge in [0.25, 0.3) is 0 Å². The van der Waals surface area contributed by atoms with E-state index in [1.165, 1.54) is 12.7 Å². The predicted octanol–water partition coefficient (Wildman–Crippen LogP) is 0.986. The minimum absolute atomic E-state index is 0.159. The molecule has 0 spiro atoms. The summed E-state index contributed by atoms with van der Waals surface area (Å²) in [5.74, 6) is 0.727. The Labute approximate surface area is 120 Å². The van der Waals surface area contributed by atoms with Crippen molar-refractivity contribution in [3.8, 4) is 5.75 Å². The van der Waals surface area contributed by atoms with Crippen LogP contribution in [-0.4, -0.2) is 62.7 Å². The summed E-state index contributed by atoms with van der Waals surface area (Å²) in [4.78, 5) is 15.8. The Hall–Kier alpha value is -1.59. The van der Waals surface area contributed by atoms with Crippen LogP contribution >= 0.6 is 0 Å². The largest absolute Gasteiger partial charge is 0.497 e. The maximum atomic E-state index is 11.2. The zero-order valence-electron chi connectivity index (χ0n) is 12.2. The van der Waals surface area contributed by atoms with Crippen molar-refractivity contribution >= 4 is 5.97 Å². The molecule has 0 aliphatic carbocycles. The zero-order valence-corrected chi connectivity index (χ0v) is 12.2. The van der Waals surface area contributed by atoms with Crippen molar-refractivity contribution in [2.24, 2.45) is 0 Å². The fourth-order valence-corrected chi connectivity index (χ4v) is 2.34. The van der Waals surface area contributed by atoms with Gasteiger partial charge in [-0.25, -0.2) is 0 Å². The molecule has 5 heteroatoms. The van der Waals surface area contributed by atoms with Crippen LogP contribution in [0.25, 0.3) is 0 Å². The number of nitrogens with zero attached hydrogens (tertiary/aromatic N) is 2. The van der Waals surface area contributed by atoms with Gasteiger partial charge in [0.15, 0.2) is 0 Å². The average molecular weight is 278 g/mol. The molecule has 0 aromatic heterocycles. The molecule has 1 fully saturated rings. The first-order valence-corrected chi connectivity index (χ1v) is 6.85. The summed E-state index contributed by atoms with van der Waals surface area (Å²) in [6.45, 7) is 5.10. The standard InChI is InChI=1S/C15H22N2O3/c1-19-14-5-3-13(4-6-14)11-16-7-9-17(10-8-16)12-15(18)20-2/h3-6H,7-12H2,1-2H3. The van der Waals surface area contributed by atoms with Crippen molar-refractivity contribution < 1.29 is 14.3 Å². The minimum atomic E-state index is -0.159. The number of methoxy groups -OCH3 is 2.